The molecule has 2 nitrogen and oxygen atoms in total. The Bertz CT molecular complexity index is 127. The van der Waals surface area contributed by atoms with E-state index in [-0.39, 0.29) is 6.10 Å². The fourth-order valence-corrected chi connectivity index (χ4v) is 5.07. The summed E-state index contributed by atoms with van der Waals surface area (Å²) >= 11 is 0. The van der Waals surface area contributed by atoms with Crippen LogP contribution in [0.5, 0.6) is 0 Å². The average molecular weight is 159 g/mol. The van der Waals surface area contributed by atoms with Crippen molar-refractivity contribution in [2.45, 2.75) is 37.3 Å². The van der Waals surface area contributed by atoms with Crippen molar-refractivity contribution in [3.63, 3.8) is 0 Å². The first-order valence-corrected chi connectivity index (χ1v) is 7.32. The summed E-state index contributed by atoms with van der Waals surface area (Å²) in [5, 5.41) is 12.7. The Kier molecular flexibility index (Phi) is 2.17. The van der Waals surface area contributed by atoms with Gasteiger partial charge in [0.2, 0.25) is 0 Å². The summed E-state index contributed by atoms with van der Waals surface area (Å²) < 4.78 is 0. The van der Waals surface area contributed by atoms with Gasteiger partial charge in [0.05, 0.1) is 14.2 Å². The van der Waals surface area contributed by atoms with Gasteiger partial charge in [0.1, 0.15) is 0 Å². The van der Waals surface area contributed by atoms with Gasteiger partial charge >= 0.3 is 0 Å². The zero-order chi connectivity index (χ0) is 7.78. The summed E-state index contributed by atoms with van der Waals surface area (Å²) in [4.78, 5) is 0. The van der Waals surface area contributed by atoms with Crippen LogP contribution >= 0.6 is 0 Å². The number of hydrogen-bond acceptors (Lipinski definition) is 2. The molecule has 1 saturated heterocycles. The van der Waals surface area contributed by atoms with Crippen molar-refractivity contribution >= 4 is 8.07 Å². The molecule has 3 heteroatoms. The third-order valence-corrected chi connectivity index (χ3v) is 5.44. The van der Waals surface area contributed by atoms with Crippen molar-refractivity contribution in [1.82, 2.24) is 5.32 Å². The fourth-order valence-electron chi connectivity index (χ4n) is 1.82. The first-order chi connectivity index (χ1) is 4.55. The van der Waals surface area contributed by atoms with Crippen LogP contribution < -0.4 is 5.32 Å². The largest absolute Gasteiger partial charge is 0.392 e. The highest BCUT2D eigenvalue weighted by Gasteiger charge is 2.38. The highest BCUT2D eigenvalue weighted by Crippen LogP contribution is 2.29. The Morgan fingerprint density at radius 2 is 2.00 bits per heavy atom. The van der Waals surface area contributed by atoms with Crippen LogP contribution in [0.3, 0.4) is 0 Å². The van der Waals surface area contributed by atoms with E-state index >= 15 is 0 Å². The zero-order valence-electron chi connectivity index (χ0n) is 7.02. The minimum Gasteiger partial charge on any atom is -0.392 e. The molecule has 0 aliphatic carbocycles. The van der Waals surface area contributed by atoms with E-state index in [1.165, 1.54) is 6.04 Å². The van der Waals surface area contributed by atoms with E-state index in [2.05, 4.69) is 18.4 Å². The molecule has 1 aliphatic rings. The molecule has 2 atom stereocenters. The van der Waals surface area contributed by atoms with Gasteiger partial charge in [0.15, 0.2) is 0 Å². The molecule has 0 saturated carbocycles. The van der Waals surface area contributed by atoms with Gasteiger partial charge in [-0.15, -0.1) is 0 Å². The Morgan fingerprint density at radius 3 is 2.20 bits per heavy atom. The summed E-state index contributed by atoms with van der Waals surface area (Å²) in [6.07, 6.45) is -0.0772. The molecule has 0 radical (unpaired) electrons. The second-order valence-electron chi connectivity index (χ2n) is 4.03. The second kappa shape index (κ2) is 2.64. The number of aliphatic hydroxyl groups is 1. The maximum absolute atomic E-state index is 9.50. The molecular formula is C7H17NOSi. The molecule has 0 aromatic heterocycles. The lowest BCUT2D eigenvalue weighted by molar-refractivity contribution is 0.167. The molecule has 2 unspecified atom stereocenters. The summed E-state index contributed by atoms with van der Waals surface area (Å²) in [5.74, 6) is 0. The van der Waals surface area contributed by atoms with Gasteiger partial charge in [0.25, 0.3) is 0 Å². The molecular weight excluding hydrogens is 142 g/mol. The molecule has 2 N–H and O–H groups in total. The molecule has 1 aliphatic heterocycles. The third kappa shape index (κ3) is 1.59. The first-order valence-electron chi connectivity index (χ1n) is 3.90. The van der Waals surface area contributed by atoms with Crippen LogP contribution in [0.2, 0.25) is 25.2 Å². The van der Waals surface area contributed by atoms with E-state index in [0.29, 0.717) is 6.04 Å². The Morgan fingerprint density at radius 1 is 1.40 bits per heavy atom. The van der Waals surface area contributed by atoms with Crippen LogP contribution in [-0.2, 0) is 0 Å². The number of aliphatic hydroxyl groups excluding tert-OH is 1. The van der Waals surface area contributed by atoms with Crippen molar-refractivity contribution in [2.75, 3.05) is 7.05 Å². The second-order valence-corrected chi connectivity index (χ2v) is 9.18. The van der Waals surface area contributed by atoms with Gasteiger partial charge < -0.3 is 10.4 Å². The van der Waals surface area contributed by atoms with E-state index in [0.717, 1.165) is 6.04 Å². The molecule has 0 bridgehead atoms. The lowest BCUT2D eigenvalue weighted by atomic mass is 10.2. The van der Waals surface area contributed by atoms with Gasteiger partial charge in [-0.25, -0.2) is 0 Å². The topological polar surface area (TPSA) is 32.3 Å². The highest BCUT2D eigenvalue weighted by molar-refractivity contribution is 6.78. The van der Waals surface area contributed by atoms with Crippen LogP contribution in [0.1, 0.15) is 0 Å². The standard InChI is InChI=1S/C7H17NOSi/c1-8-6-4-10(2,3)5-7(6)9/h6-9H,4-5H2,1-3H3. The van der Waals surface area contributed by atoms with Crippen LogP contribution in [0.15, 0.2) is 0 Å². The maximum atomic E-state index is 9.50. The van der Waals surface area contributed by atoms with Gasteiger partial charge in [-0.3, -0.25) is 0 Å². The van der Waals surface area contributed by atoms with Crippen molar-refractivity contribution in [1.29, 1.82) is 0 Å². The quantitative estimate of drug-likeness (QED) is 0.551. The van der Waals surface area contributed by atoms with Gasteiger partial charge in [0, 0.05) is 6.04 Å². The zero-order valence-corrected chi connectivity index (χ0v) is 8.02. The van der Waals surface area contributed by atoms with E-state index in [4.69, 9.17) is 0 Å². The maximum Gasteiger partial charge on any atom is 0.0667 e. The van der Waals surface area contributed by atoms with E-state index in [1.807, 2.05) is 7.05 Å². The molecule has 10 heavy (non-hydrogen) atoms. The van der Waals surface area contributed by atoms with Crippen molar-refractivity contribution in [3.05, 3.63) is 0 Å². The fraction of sp³-hybridized carbons (Fsp3) is 1.00. The molecule has 0 spiro atoms. The Hall–Kier alpha value is 0.137. The van der Waals surface area contributed by atoms with E-state index < -0.39 is 8.07 Å². The van der Waals surface area contributed by atoms with E-state index in [9.17, 15) is 5.11 Å². The smallest absolute Gasteiger partial charge is 0.0667 e. The normalized spacial score (nSPS) is 38.4. The number of nitrogens with one attached hydrogen (secondary N) is 1. The van der Waals surface area contributed by atoms with Gasteiger partial charge in [-0.2, -0.15) is 0 Å². The van der Waals surface area contributed by atoms with Gasteiger partial charge in [-0.1, -0.05) is 13.1 Å². The molecule has 1 rings (SSSR count). The molecule has 1 heterocycles. The van der Waals surface area contributed by atoms with Gasteiger partial charge in [-0.05, 0) is 19.1 Å². The Balaban J connectivity index is 2.52. The van der Waals surface area contributed by atoms with Crippen molar-refractivity contribution in [3.8, 4) is 0 Å². The molecule has 60 valence electrons. The minimum absolute atomic E-state index is 0.0772. The monoisotopic (exact) mass is 159 g/mol. The predicted octanol–water partition coefficient (Wildman–Crippen LogP) is 0.657. The number of rotatable bonds is 1. The lowest BCUT2D eigenvalue weighted by Crippen LogP contribution is -2.32. The van der Waals surface area contributed by atoms with Crippen molar-refractivity contribution in [2.24, 2.45) is 0 Å². The number of likely N-dealkylation sites (N-methyl/N-ethyl adjacent to an activating group) is 1. The summed E-state index contributed by atoms with van der Waals surface area (Å²) in [7, 11) is 0.934. The predicted molar refractivity (Wildman–Crippen MR) is 46.0 cm³/mol. The third-order valence-electron chi connectivity index (χ3n) is 2.37. The summed E-state index contributed by atoms with van der Waals surface area (Å²) in [5.41, 5.74) is 0. The highest BCUT2D eigenvalue weighted by atomic mass is 28.3. The van der Waals surface area contributed by atoms with Crippen LogP contribution in [0.4, 0.5) is 0 Å². The molecule has 0 amide bonds. The summed E-state index contributed by atoms with van der Waals surface area (Å²) in [6.45, 7) is 4.68. The lowest BCUT2D eigenvalue weighted by Gasteiger charge is -2.13. The first kappa shape index (κ1) is 8.24. The van der Waals surface area contributed by atoms with Crippen LogP contribution in [-0.4, -0.2) is 32.4 Å². The average Bonchev–Trinajstić information content (AvgIpc) is 2.05. The number of hydrogen-bond donors (Lipinski definition) is 2. The van der Waals surface area contributed by atoms with Crippen LogP contribution in [0, 0.1) is 0 Å². The molecule has 1 fully saturated rings. The molecule has 0 aromatic rings. The molecule has 0 aromatic carbocycles. The van der Waals surface area contributed by atoms with E-state index in [1.54, 1.807) is 0 Å². The van der Waals surface area contributed by atoms with Crippen LogP contribution in [0.25, 0.3) is 0 Å². The SMILES string of the molecule is CNC1C[Si](C)(C)CC1O. The minimum atomic E-state index is -1.000. The summed E-state index contributed by atoms with van der Waals surface area (Å²) in [6, 6.07) is 2.67. The van der Waals surface area contributed by atoms with Crippen molar-refractivity contribution < 1.29 is 5.11 Å². The Labute approximate surface area is 63.6 Å².